The van der Waals surface area contributed by atoms with E-state index in [2.05, 4.69) is 32.9 Å². The Bertz CT molecular complexity index is 961. The Morgan fingerprint density at radius 3 is 2.67 bits per heavy atom. The Hall–Kier alpha value is -3.32. The largest absolute Gasteiger partial charge is 0.472 e. The van der Waals surface area contributed by atoms with E-state index in [-0.39, 0.29) is 6.10 Å². The van der Waals surface area contributed by atoms with Gasteiger partial charge in [0.1, 0.15) is 6.10 Å². The molecular formula is C23H21N3O. The van der Waals surface area contributed by atoms with Crippen molar-refractivity contribution in [2.45, 2.75) is 19.4 Å². The highest BCUT2D eigenvalue weighted by atomic mass is 16.5. The zero-order valence-corrected chi connectivity index (χ0v) is 15.3. The van der Waals surface area contributed by atoms with E-state index in [1.54, 1.807) is 0 Å². The van der Waals surface area contributed by atoms with E-state index in [1.807, 2.05) is 55.6 Å². The smallest absolute Gasteiger partial charge is 0.213 e. The molecule has 0 aliphatic carbocycles. The van der Waals surface area contributed by atoms with Crippen molar-refractivity contribution < 1.29 is 4.74 Å². The maximum atomic E-state index is 7.53. The van der Waals surface area contributed by atoms with Crippen molar-refractivity contribution in [3.05, 3.63) is 83.8 Å². The number of pyridine rings is 1. The van der Waals surface area contributed by atoms with Crippen LogP contribution in [0.5, 0.6) is 5.88 Å². The normalized spacial score (nSPS) is 16.1. The third kappa shape index (κ3) is 3.78. The van der Waals surface area contributed by atoms with Crippen LogP contribution >= 0.6 is 0 Å². The summed E-state index contributed by atoms with van der Waals surface area (Å²) in [5.74, 6) is 0.663. The molecular weight excluding hydrogens is 334 g/mol. The average Bonchev–Trinajstić information content (AvgIpc) is 3.18. The van der Waals surface area contributed by atoms with Gasteiger partial charge in [0, 0.05) is 30.9 Å². The molecule has 2 heterocycles. The highest BCUT2D eigenvalue weighted by Gasteiger charge is 2.26. The van der Waals surface area contributed by atoms with Gasteiger partial charge >= 0.3 is 0 Å². The summed E-state index contributed by atoms with van der Waals surface area (Å²) < 4.78 is 6.04. The van der Waals surface area contributed by atoms with E-state index in [0.29, 0.717) is 11.6 Å². The van der Waals surface area contributed by atoms with E-state index < -0.39 is 0 Å². The summed E-state index contributed by atoms with van der Waals surface area (Å²) in [4.78, 5) is 10.3. The van der Waals surface area contributed by atoms with Crippen molar-refractivity contribution in [1.82, 2.24) is 4.98 Å². The molecule has 134 valence electrons. The van der Waals surface area contributed by atoms with E-state index in [1.165, 1.54) is 0 Å². The molecule has 2 aromatic carbocycles. The van der Waals surface area contributed by atoms with Crippen molar-refractivity contribution in [1.29, 1.82) is 0 Å². The molecule has 1 aliphatic rings. The van der Waals surface area contributed by atoms with Gasteiger partial charge in [0.25, 0.3) is 0 Å². The molecule has 1 fully saturated rings. The Morgan fingerprint density at radius 2 is 1.93 bits per heavy atom. The molecule has 0 saturated carbocycles. The summed E-state index contributed by atoms with van der Waals surface area (Å²) in [5.41, 5.74) is 5.07. The minimum atomic E-state index is 0.0826. The van der Waals surface area contributed by atoms with Gasteiger partial charge in [-0.1, -0.05) is 48.5 Å². The van der Waals surface area contributed by atoms with Crippen LogP contribution in [-0.4, -0.2) is 24.2 Å². The lowest BCUT2D eigenvalue weighted by molar-refractivity contribution is 0.216. The molecule has 0 radical (unpaired) electrons. The number of benzene rings is 2. The summed E-state index contributed by atoms with van der Waals surface area (Å²) in [6.45, 7) is 11.2. The number of rotatable bonds is 4. The Labute approximate surface area is 159 Å². The van der Waals surface area contributed by atoms with Crippen LogP contribution in [-0.2, 0) is 0 Å². The van der Waals surface area contributed by atoms with Gasteiger partial charge in [-0.2, -0.15) is 0 Å². The van der Waals surface area contributed by atoms with Crippen LogP contribution < -0.4 is 9.64 Å². The predicted octanol–water partition coefficient (Wildman–Crippen LogP) is 5.27. The van der Waals surface area contributed by atoms with Crippen molar-refractivity contribution >= 4 is 11.4 Å². The van der Waals surface area contributed by atoms with Gasteiger partial charge in [-0.05, 0) is 29.7 Å². The Morgan fingerprint density at radius 1 is 1.07 bits per heavy atom. The van der Waals surface area contributed by atoms with Crippen LogP contribution in [0.3, 0.4) is 0 Å². The second kappa shape index (κ2) is 7.51. The lowest BCUT2D eigenvalue weighted by Gasteiger charge is -2.21. The van der Waals surface area contributed by atoms with Crippen molar-refractivity contribution in [3.63, 3.8) is 0 Å². The molecule has 1 saturated heterocycles. The Kier molecular flexibility index (Phi) is 4.76. The van der Waals surface area contributed by atoms with Gasteiger partial charge in [-0.15, -0.1) is 0 Å². The maximum Gasteiger partial charge on any atom is 0.213 e. The SMILES string of the molecule is [C-]#[N+]c1ccc(-c2ccccc2)cc1N1CC[C@H](Oc2ccc(C)cn2)C1. The van der Waals surface area contributed by atoms with Gasteiger partial charge < -0.3 is 9.64 Å². The zero-order valence-electron chi connectivity index (χ0n) is 15.3. The summed E-state index contributed by atoms with van der Waals surface area (Å²) >= 11 is 0. The van der Waals surface area contributed by atoms with Gasteiger partial charge in [-0.3, -0.25) is 0 Å². The summed E-state index contributed by atoms with van der Waals surface area (Å²) in [7, 11) is 0. The molecule has 4 rings (SSSR count). The zero-order chi connectivity index (χ0) is 18.6. The summed E-state index contributed by atoms with van der Waals surface area (Å²) in [6.07, 6.45) is 2.82. The number of anilines is 1. The van der Waals surface area contributed by atoms with E-state index in [4.69, 9.17) is 11.3 Å². The lowest BCUT2D eigenvalue weighted by atomic mass is 10.0. The number of ether oxygens (including phenoxy) is 1. The minimum absolute atomic E-state index is 0.0826. The second-order valence-corrected chi connectivity index (χ2v) is 6.83. The molecule has 4 nitrogen and oxygen atoms in total. The average molecular weight is 355 g/mol. The fraction of sp³-hybridized carbons (Fsp3) is 0.217. The van der Waals surface area contributed by atoms with Crippen LogP contribution in [0.15, 0.2) is 66.9 Å². The first-order chi connectivity index (χ1) is 13.2. The quantitative estimate of drug-likeness (QED) is 0.598. The molecule has 1 aliphatic heterocycles. The third-order valence-corrected chi connectivity index (χ3v) is 4.86. The van der Waals surface area contributed by atoms with Crippen LogP contribution in [0.25, 0.3) is 16.0 Å². The number of hydrogen-bond acceptors (Lipinski definition) is 3. The van der Waals surface area contributed by atoms with Crippen LogP contribution in [0.4, 0.5) is 11.4 Å². The first-order valence-corrected chi connectivity index (χ1v) is 9.14. The molecule has 27 heavy (non-hydrogen) atoms. The topological polar surface area (TPSA) is 29.7 Å². The molecule has 0 N–H and O–H groups in total. The van der Waals surface area contributed by atoms with Gasteiger partial charge in [0.2, 0.25) is 11.6 Å². The summed E-state index contributed by atoms with van der Waals surface area (Å²) in [5, 5.41) is 0. The molecule has 0 bridgehead atoms. The first kappa shape index (κ1) is 17.1. The number of hydrogen-bond donors (Lipinski definition) is 0. The molecule has 1 aromatic heterocycles. The van der Waals surface area contributed by atoms with E-state index in [0.717, 1.165) is 41.9 Å². The first-order valence-electron chi connectivity index (χ1n) is 9.14. The number of nitrogens with zero attached hydrogens (tertiary/aromatic N) is 3. The lowest BCUT2D eigenvalue weighted by Crippen LogP contribution is -2.24. The van der Waals surface area contributed by atoms with Gasteiger partial charge in [0.05, 0.1) is 13.1 Å². The van der Waals surface area contributed by atoms with Crippen molar-refractivity contribution in [3.8, 4) is 17.0 Å². The minimum Gasteiger partial charge on any atom is -0.472 e. The molecule has 0 unspecified atom stereocenters. The van der Waals surface area contributed by atoms with Crippen molar-refractivity contribution in [2.75, 3.05) is 18.0 Å². The predicted molar refractivity (Wildman–Crippen MR) is 108 cm³/mol. The number of aryl methyl sites for hydroxylation is 1. The fourth-order valence-corrected chi connectivity index (χ4v) is 3.42. The van der Waals surface area contributed by atoms with E-state index >= 15 is 0 Å². The highest BCUT2D eigenvalue weighted by Crippen LogP contribution is 2.36. The third-order valence-electron chi connectivity index (χ3n) is 4.86. The van der Waals surface area contributed by atoms with Gasteiger partial charge in [-0.25, -0.2) is 9.83 Å². The monoisotopic (exact) mass is 355 g/mol. The standard InChI is InChI=1S/C23H21N3O/c1-17-8-11-23(25-15-17)27-20-12-13-26(16-20)22-14-19(9-10-21(22)24-2)18-6-4-3-5-7-18/h3-11,14-15,20H,12-13,16H2,1H3/t20-/m0/s1. The second-order valence-electron chi connectivity index (χ2n) is 6.83. The Balaban J connectivity index is 1.54. The van der Waals surface area contributed by atoms with Crippen LogP contribution in [0, 0.1) is 13.5 Å². The van der Waals surface area contributed by atoms with Gasteiger partial charge in [0.15, 0.2) is 0 Å². The molecule has 0 spiro atoms. The molecule has 1 atom stereocenters. The maximum absolute atomic E-state index is 7.53. The number of aromatic nitrogens is 1. The fourth-order valence-electron chi connectivity index (χ4n) is 3.42. The molecule has 4 heteroatoms. The highest BCUT2D eigenvalue weighted by molar-refractivity contribution is 5.79. The van der Waals surface area contributed by atoms with E-state index in [9.17, 15) is 0 Å². The van der Waals surface area contributed by atoms with Crippen LogP contribution in [0.2, 0.25) is 0 Å². The molecule has 3 aromatic rings. The summed E-state index contributed by atoms with van der Waals surface area (Å²) in [6, 6.07) is 20.2. The van der Waals surface area contributed by atoms with Crippen molar-refractivity contribution in [2.24, 2.45) is 0 Å². The molecule has 0 amide bonds. The van der Waals surface area contributed by atoms with Crippen LogP contribution in [0.1, 0.15) is 12.0 Å².